The van der Waals surface area contributed by atoms with Crippen LogP contribution in [0.25, 0.3) is 0 Å². The Balaban J connectivity index is 2.10. The second kappa shape index (κ2) is 1.72. The van der Waals surface area contributed by atoms with E-state index in [-0.39, 0.29) is 0 Å². The lowest BCUT2D eigenvalue weighted by molar-refractivity contribution is 0.487. The van der Waals surface area contributed by atoms with Crippen molar-refractivity contribution in [1.29, 1.82) is 0 Å². The van der Waals surface area contributed by atoms with Gasteiger partial charge in [-0.25, -0.2) is 0 Å². The Labute approximate surface area is 59.6 Å². The van der Waals surface area contributed by atoms with Gasteiger partial charge in [-0.15, -0.1) is 9.24 Å². The first-order valence-electron chi connectivity index (χ1n) is 3.97. The SMILES string of the molecule is CC1CC(P)C2C(C)C12. The molecule has 0 aromatic rings. The first-order valence-corrected chi connectivity index (χ1v) is 4.64. The summed E-state index contributed by atoms with van der Waals surface area (Å²) in [5.74, 6) is 4.27. The van der Waals surface area contributed by atoms with Crippen LogP contribution in [0.4, 0.5) is 0 Å². The lowest BCUT2D eigenvalue weighted by atomic mass is 10.0. The lowest BCUT2D eigenvalue weighted by Gasteiger charge is -2.08. The van der Waals surface area contributed by atoms with Gasteiger partial charge < -0.3 is 0 Å². The molecule has 2 rings (SSSR count). The van der Waals surface area contributed by atoms with Gasteiger partial charge in [-0.1, -0.05) is 13.8 Å². The summed E-state index contributed by atoms with van der Waals surface area (Å²) in [6, 6.07) is 0. The van der Waals surface area contributed by atoms with E-state index in [0.717, 1.165) is 29.3 Å². The van der Waals surface area contributed by atoms with E-state index < -0.39 is 0 Å². The highest BCUT2D eigenvalue weighted by atomic mass is 31.0. The van der Waals surface area contributed by atoms with Gasteiger partial charge in [0, 0.05) is 0 Å². The third-order valence-corrected chi connectivity index (χ3v) is 4.03. The van der Waals surface area contributed by atoms with Gasteiger partial charge in [0.1, 0.15) is 0 Å². The molecule has 0 heterocycles. The van der Waals surface area contributed by atoms with Crippen LogP contribution in [0, 0.1) is 23.7 Å². The topological polar surface area (TPSA) is 0 Å². The molecule has 6 atom stereocenters. The molecule has 0 aliphatic heterocycles. The van der Waals surface area contributed by atoms with Crippen LogP contribution >= 0.6 is 9.24 Å². The van der Waals surface area contributed by atoms with E-state index in [0.29, 0.717) is 0 Å². The van der Waals surface area contributed by atoms with Crippen molar-refractivity contribution in [1.82, 2.24) is 0 Å². The molecular weight excluding hydrogens is 127 g/mol. The number of hydrogen-bond acceptors (Lipinski definition) is 0. The molecule has 0 N–H and O–H groups in total. The van der Waals surface area contributed by atoms with Crippen molar-refractivity contribution in [2.24, 2.45) is 23.7 Å². The molecule has 9 heavy (non-hydrogen) atoms. The molecule has 0 spiro atoms. The third kappa shape index (κ3) is 0.693. The van der Waals surface area contributed by atoms with Crippen molar-refractivity contribution in [3.8, 4) is 0 Å². The van der Waals surface area contributed by atoms with Crippen molar-refractivity contribution in [3.05, 3.63) is 0 Å². The van der Waals surface area contributed by atoms with E-state index >= 15 is 0 Å². The predicted octanol–water partition coefficient (Wildman–Crippen LogP) is 2.15. The van der Waals surface area contributed by atoms with Crippen molar-refractivity contribution in [3.63, 3.8) is 0 Å². The van der Waals surface area contributed by atoms with Gasteiger partial charge in [-0.2, -0.15) is 0 Å². The number of rotatable bonds is 0. The van der Waals surface area contributed by atoms with Gasteiger partial charge >= 0.3 is 0 Å². The van der Waals surface area contributed by atoms with E-state index in [1.165, 1.54) is 6.42 Å². The Morgan fingerprint density at radius 3 is 2.11 bits per heavy atom. The molecule has 2 aliphatic carbocycles. The fourth-order valence-corrected chi connectivity index (χ4v) is 3.88. The molecule has 2 aliphatic rings. The molecule has 0 radical (unpaired) electrons. The maximum Gasteiger partial charge on any atom is -0.0228 e. The highest BCUT2D eigenvalue weighted by Crippen LogP contribution is 2.62. The average Bonchev–Trinajstić information content (AvgIpc) is 2.30. The average molecular weight is 142 g/mol. The van der Waals surface area contributed by atoms with Crippen molar-refractivity contribution in [2.45, 2.75) is 25.9 Å². The van der Waals surface area contributed by atoms with Gasteiger partial charge in [-0.05, 0) is 35.8 Å². The Hall–Kier alpha value is 0.430. The summed E-state index contributed by atoms with van der Waals surface area (Å²) >= 11 is 0. The first-order chi connectivity index (χ1) is 4.22. The number of hydrogen-bond donors (Lipinski definition) is 0. The zero-order chi connectivity index (χ0) is 6.59. The van der Waals surface area contributed by atoms with E-state index in [1.54, 1.807) is 0 Å². The van der Waals surface area contributed by atoms with Crippen LogP contribution in [0.5, 0.6) is 0 Å². The highest BCUT2D eigenvalue weighted by molar-refractivity contribution is 7.17. The van der Waals surface area contributed by atoms with Crippen molar-refractivity contribution >= 4 is 9.24 Å². The van der Waals surface area contributed by atoms with Crippen LogP contribution in [0.15, 0.2) is 0 Å². The zero-order valence-electron chi connectivity index (χ0n) is 6.17. The van der Waals surface area contributed by atoms with E-state index in [4.69, 9.17) is 0 Å². The third-order valence-electron chi connectivity index (χ3n) is 3.31. The maximum absolute atomic E-state index is 3.00. The number of fused-ring (bicyclic) bond motifs is 1. The van der Waals surface area contributed by atoms with Gasteiger partial charge in [0.2, 0.25) is 0 Å². The Kier molecular flexibility index (Phi) is 1.18. The fourth-order valence-electron chi connectivity index (χ4n) is 2.84. The molecular formula is C8H15P. The van der Waals surface area contributed by atoms with Crippen molar-refractivity contribution < 1.29 is 0 Å². The normalized spacial score (nSPS) is 63.7. The highest BCUT2D eigenvalue weighted by Gasteiger charge is 2.57. The largest absolute Gasteiger partial charge is 0.134 e. The molecule has 0 aromatic heterocycles. The van der Waals surface area contributed by atoms with E-state index in [9.17, 15) is 0 Å². The quantitative estimate of drug-likeness (QED) is 0.454. The van der Waals surface area contributed by atoms with Crippen LogP contribution < -0.4 is 0 Å². The smallest absolute Gasteiger partial charge is 0.0228 e. The first kappa shape index (κ1) is 6.16. The van der Waals surface area contributed by atoms with Gasteiger partial charge in [0.25, 0.3) is 0 Å². The molecule has 2 fully saturated rings. The molecule has 6 unspecified atom stereocenters. The second-order valence-corrected chi connectivity index (χ2v) is 4.75. The van der Waals surface area contributed by atoms with E-state index in [2.05, 4.69) is 23.1 Å². The van der Waals surface area contributed by atoms with E-state index in [1.807, 2.05) is 0 Å². The summed E-state index contributed by atoms with van der Waals surface area (Å²) in [5, 5.41) is 0. The van der Waals surface area contributed by atoms with Crippen LogP contribution in [0.1, 0.15) is 20.3 Å². The Morgan fingerprint density at radius 1 is 1.22 bits per heavy atom. The molecule has 0 aromatic carbocycles. The molecule has 2 saturated carbocycles. The van der Waals surface area contributed by atoms with Crippen LogP contribution in [-0.2, 0) is 0 Å². The zero-order valence-corrected chi connectivity index (χ0v) is 7.33. The molecule has 0 nitrogen and oxygen atoms in total. The summed E-state index contributed by atoms with van der Waals surface area (Å²) in [5.41, 5.74) is 0.958. The summed E-state index contributed by atoms with van der Waals surface area (Å²) in [6.45, 7) is 4.81. The van der Waals surface area contributed by atoms with Gasteiger partial charge in [-0.3, -0.25) is 0 Å². The van der Waals surface area contributed by atoms with Crippen LogP contribution in [-0.4, -0.2) is 5.66 Å². The molecule has 1 heteroatoms. The summed E-state index contributed by atoms with van der Waals surface area (Å²) in [7, 11) is 3.00. The minimum Gasteiger partial charge on any atom is -0.134 e. The minimum absolute atomic E-state index is 0.958. The fraction of sp³-hybridized carbons (Fsp3) is 1.00. The predicted molar refractivity (Wildman–Crippen MR) is 43.4 cm³/mol. The van der Waals surface area contributed by atoms with Crippen molar-refractivity contribution in [2.75, 3.05) is 0 Å². The summed E-state index contributed by atoms with van der Waals surface area (Å²) < 4.78 is 0. The van der Waals surface area contributed by atoms with Gasteiger partial charge in [0.05, 0.1) is 0 Å². The lowest BCUT2D eigenvalue weighted by Crippen LogP contribution is -2.01. The monoisotopic (exact) mass is 142 g/mol. The molecule has 0 amide bonds. The summed E-state index contributed by atoms with van der Waals surface area (Å²) in [6.07, 6.45) is 1.46. The Morgan fingerprint density at radius 2 is 1.89 bits per heavy atom. The molecule has 52 valence electrons. The molecule has 0 bridgehead atoms. The van der Waals surface area contributed by atoms with Crippen LogP contribution in [0.2, 0.25) is 0 Å². The standard InChI is InChI=1S/C8H15P/c1-4-3-6(9)8-5(2)7(4)8/h4-8H,3,9H2,1-2H3. The maximum atomic E-state index is 3.00. The molecule has 0 saturated heterocycles. The van der Waals surface area contributed by atoms with Gasteiger partial charge in [0.15, 0.2) is 0 Å². The minimum atomic E-state index is 0.958. The Bertz CT molecular complexity index is 119. The summed E-state index contributed by atoms with van der Waals surface area (Å²) in [4.78, 5) is 0. The van der Waals surface area contributed by atoms with Crippen LogP contribution in [0.3, 0.4) is 0 Å². The second-order valence-electron chi connectivity index (χ2n) is 3.89.